The maximum Gasteiger partial charge on any atom is 0.356 e. The van der Waals surface area contributed by atoms with E-state index >= 15 is 0 Å². The van der Waals surface area contributed by atoms with Gasteiger partial charge in [0.05, 0.1) is 11.4 Å². The van der Waals surface area contributed by atoms with E-state index in [1.54, 1.807) is 12.1 Å². The molecule has 0 spiro atoms. The SMILES string of the molecule is CS(=O)(=O)CCNc1cccnc1C(=O)O. The first-order valence-corrected chi connectivity index (χ1v) is 6.56. The molecular formula is C9H12N2O4S. The van der Waals surface area contributed by atoms with Crippen molar-refractivity contribution >= 4 is 21.5 Å². The molecule has 88 valence electrons. The van der Waals surface area contributed by atoms with Gasteiger partial charge in [-0.05, 0) is 12.1 Å². The highest BCUT2D eigenvalue weighted by Crippen LogP contribution is 2.11. The van der Waals surface area contributed by atoms with Gasteiger partial charge < -0.3 is 10.4 Å². The molecule has 6 nitrogen and oxygen atoms in total. The first-order valence-electron chi connectivity index (χ1n) is 4.50. The van der Waals surface area contributed by atoms with Crippen molar-refractivity contribution < 1.29 is 18.3 Å². The molecule has 1 aromatic rings. The Morgan fingerprint density at radius 1 is 1.56 bits per heavy atom. The summed E-state index contributed by atoms with van der Waals surface area (Å²) in [7, 11) is -3.06. The predicted molar refractivity (Wildman–Crippen MR) is 59.4 cm³/mol. The van der Waals surface area contributed by atoms with Crippen LogP contribution in [0.1, 0.15) is 10.5 Å². The van der Waals surface area contributed by atoms with E-state index in [0.717, 1.165) is 6.26 Å². The molecule has 0 aliphatic heterocycles. The fourth-order valence-corrected chi connectivity index (χ4v) is 1.56. The van der Waals surface area contributed by atoms with Crippen molar-refractivity contribution in [2.24, 2.45) is 0 Å². The first kappa shape index (κ1) is 12.4. The van der Waals surface area contributed by atoms with Crippen LogP contribution in [0, 0.1) is 0 Å². The van der Waals surface area contributed by atoms with Gasteiger partial charge in [0.25, 0.3) is 0 Å². The molecule has 0 bridgehead atoms. The van der Waals surface area contributed by atoms with E-state index in [1.807, 2.05) is 0 Å². The van der Waals surface area contributed by atoms with Crippen LogP contribution in [-0.2, 0) is 9.84 Å². The zero-order chi connectivity index (χ0) is 12.2. The standard InChI is InChI=1S/C9H12N2O4S/c1-16(14,15)6-5-10-7-3-2-4-11-8(7)9(12)13/h2-4,10H,5-6H2,1H3,(H,12,13). The molecule has 1 heterocycles. The van der Waals surface area contributed by atoms with Gasteiger partial charge in [0.2, 0.25) is 0 Å². The quantitative estimate of drug-likeness (QED) is 0.770. The second-order valence-electron chi connectivity index (χ2n) is 3.26. The van der Waals surface area contributed by atoms with Gasteiger partial charge >= 0.3 is 5.97 Å². The van der Waals surface area contributed by atoms with Crippen molar-refractivity contribution in [3.63, 3.8) is 0 Å². The number of nitrogens with zero attached hydrogens (tertiary/aromatic N) is 1. The molecule has 0 radical (unpaired) electrons. The Bertz CT molecular complexity index is 484. The second kappa shape index (κ2) is 4.93. The van der Waals surface area contributed by atoms with Crippen molar-refractivity contribution in [2.75, 3.05) is 23.9 Å². The first-order chi connectivity index (χ1) is 7.40. The third kappa shape index (κ3) is 3.85. The molecule has 0 saturated heterocycles. The summed E-state index contributed by atoms with van der Waals surface area (Å²) in [5.41, 5.74) is 0.203. The van der Waals surface area contributed by atoms with Crippen molar-refractivity contribution in [1.29, 1.82) is 0 Å². The number of hydrogen-bond acceptors (Lipinski definition) is 5. The summed E-state index contributed by atoms with van der Waals surface area (Å²) < 4.78 is 21.7. The molecule has 0 aliphatic carbocycles. The fraction of sp³-hybridized carbons (Fsp3) is 0.333. The Balaban J connectivity index is 2.71. The summed E-state index contributed by atoms with van der Waals surface area (Å²) in [4.78, 5) is 14.4. The Labute approximate surface area is 93.2 Å². The monoisotopic (exact) mass is 244 g/mol. The lowest BCUT2D eigenvalue weighted by Crippen LogP contribution is -2.16. The number of aromatic nitrogens is 1. The highest BCUT2D eigenvalue weighted by Gasteiger charge is 2.10. The van der Waals surface area contributed by atoms with E-state index < -0.39 is 15.8 Å². The topological polar surface area (TPSA) is 96.4 Å². The lowest BCUT2D eigenvalue weighted by atomic mass is 10.3. The highest BCUT2D eigenvalue weighted by atomic mass is 32.2. The molecule has 0 aliphatic rings. The molecule has 0 amide bonds. The number of carboxylic acid groups (broad SMARTS) is 1. The van der Waals surface area contributed by atoms with E-state index in [2.05, 4.69) is 10.3 Å². The number of anilines is 1. The van der Waals surface area contributed by atoms with Crippen LogP contribution in [0.2, 0.25) is 0 Å². The molecule has 1 aromatic heterocycles. The number of carboxylic acids is 1. The van der Waals surface area contributed by atoms with Crippen molar-refractivity contribution in [2.45, 2.75) is 0 Å². The zero-order valence-corrected chi connectivity index (χ0v) is 9.49. The van der Waals surface area contributed by atoms with Gasteiger partial charge in [-0.15, -0.1) is 0 Å². The fourth-order valence-electron chi connectivity index (χ4n) is 1.09. The molecule has 0 atom stereocenters. The average Bonchev–Trinajstić information content (AvgIpc) is 2.16. The van der Waals surface area contributed by atoms with Crippen LogP contribution in [0.25, 0.3) is 0 Å². The second-order valence-corrected chi connectivity index (χ2v) is 5.52. The summed E-state index contributed by atoms with van der Waals surface area (Å²) in [6.45, 7) is 0.158. The number of pyridine rings is 1. The van der Waals surface area contributed by atoms with Crippen LogP contribution in [0.15, 0.2) is 18.3 Å². The highest BCUT2D eigenvalue weighted by molar-refractivity contribution is 7.90. The number of carbonyl (C=O) groups is 1. The Morgan fingerprint density at radius 2 is 2.25 bits per heavy atom. The minimum atomic E-state index is -3.06. The van der Waals surface area contributed by atoms with Gasteiger partial charge in [0, 0.05) is 19.0 Å². The van der Waals surface area contributed by atoms with Crippen molar-refractivity contribution in [3.05, 3.63) is 24.0 Å². The largest absolute Gasteiger partial charge is 0.476 e. The van der Waals surface area contributed by atoms with E-state index in [0.29, 0.717) is 5.69 Å². The third-order valence-electron chi connectivity index (χ3n) is 1.80. The molecule has 0 unspecified atom stereocenters. The van der Waals surface area contributed by atoms with Gasteiger partial charge in [-0.3, -0.25) is 0 Å². The van der Waals surface area contributed by atoms with E-state index in [4.69, 9.17) is 5.11 Å². The van der Waals surface area contributed by atoms with Crippen molar-refractivity contribution in [1.82, 2.24) is 4.98 Å². The smallest absolute Gasteiger partial charge is 0.356 e. The molecule has 1 rings (SSSR count). The van der Waals surface area contributed by atoms with Crippen LogP contribution in [-0.4, -0.2) is 43.0 Å². The average molecular weight is 244 g/mol. The van der Waals surface area contributed by atoms with Crippen LogP contribution < -0.4 is 5.32 Å². The molecular weight excluding hydrogens is 232 g/mol. The van der Waals surface area contributed by atoms with E-state index in [-0.39, 0.29) is 18.0 Å². The van der Waals surface area contributed by atoms with Gasteiger partial charge in [-0.1, -0.05) is 0 Å². The maximum atomic E-state index is 10.9. The minimum Gasteiger partial charge on any atom is -0.476 e. The number of aromatic carboxylic acids is 1. The van der Waals surface area contributed by atoms with E-state index in [9.17, 15) is 13.2 Å². The predicted octanol–water partition coefficient (Wildman–Crippen LogP) is 0.236. The summed E-state index contributed by atoms with van der Waals surface area (Å²) in [5, 5.41) is 11.5. The van der Waals surface area contributed by atoms with Gasteiger partial charge in [0.1, 0.15) is 9.84 Å². The van der Waals surface area contributed by atoms with Crippen molar-refractivity contribution in [3.8, 4) is 0 Å². The lowest BCUT2D eigenvalue weighted by molar-refractivity contribution is 0.0691. The number of nitrogens with one attached hydrogen (secondary N) is 1. The Hall–Kier alpha value is -1.63. The molecule has 16 heavy (non-hydrogen) atoms. The Kier molecular flexibility index (Phi) is 3.83. The zero-order valence-electron chi connectivity index (χ0n) is 8.67. The van der Waals surface area contributed by atoms with Gasteiger partial charge in [-0.2, -0.15) is 0 Å². The minimum absolute atomic E-state index is 0.0546. The Morgan fingerprint density at radius 3 is 2.81 bits per heavy atom. The van der Waals surface area contributed by atoms with Crippen LogP contribution in [0.3, 0.4) is 0 Å². The molecule has 2 N–H and O–H groups in total. The van der Waals surface area contributed by atoms with Gasteiger partial charge in [0.15, 0.2) is 5.69 Å². The summed E-state index contributed by atoms with van der Waals surface area (Å²) >= 11 is 0. The third-order valence-corrected chi connectivity index (χ3v) is 2.74. The summed E-state index contributed by atoms with van der Waals surface area (Å²) in [5.74, 6) is -1.21. The maximum absolute atomic E-state index is 10.9. The molecule has 0 fully saturated rings. The van der Waals surface area contributed by atoms with Crippen LogP contribution >= 0.6 is 0 Å². The molecule has 0 saturated carbocycles. The molecule has 7 heteroatoms. The van der Waals surface area contributed by atoms with E-state index in [1.165, 1.54) is 6.20 Å². The number of hydrogen-bond donors (Lipinski definition) is 2. The number of rotatable bonds is 5. The summed E-state index contributed by atoms with van der Waals surface area (Å²) in [6.07, 6.45) is 2.49. The van der Waals surface area contributed by atoms with Crippen LogP contribution in [0.5, 0.6) is 0 Å². The summed E-state index contributed by atoms with van der Waals surface area (Å²) in [6, 6.07) is 3.12. The van der Waals surface area contributed by atoms with Crippen LogP contribution in [0.4, 0.5) is 5.69 Å². The van der Waals surface area contributed by atoms with Gasteiger partial charge in [-0.25, -0.2) is 18.2 Å². The lowest BCUT2D eigenvalue weighted by Gasteiger charge is -2.07. The number of sulfone groups is 1. The molecule has 0 aromatic carbocycles. The normalized spacial score (nSPS) is 11.1.